The molecule has 0 saturated carbocycles. The maximum Gasteiger partial charge on any atom is 0.371 e. The first-order valence-electron chi connectivity index (χ1n) is 5.48. The van der Waals surface area contributed by atoms with E-state index >= 15 is 0 Å². The van der Waals surface area contributed by atoms with Gasteiger partial charge in [-0.05, 0) is 35.0 Å². The molecule has 0 saturated heterocycles. The highest BCUT2D eigenvalue weighted by atomic mass is 79.9. The summed E-state index contributed by atoms with van der Waals surface area (Å²) in [6.45, 7) is 1.81. The third-order valence-electron chi connectivity index (χ3n) is 2.59. The third kappa shape index (κ3) is 3.29. The Morgan fingerprint density at radius 2 is 2.05 bits per heavy atom. The molecule has 0 fully saturated rings. The summed E-state index contributed by atoms with van der Waals surface area (Å²) in [6, 6.07) is 4.64. The molecule has 1 heterocycles. The van der Waals surface area contributed by atoms with Crippen molar-refractivity contribution in [3.63, 3.8) is 0 Å². The van der Waals surface area contributed by atoms with Crippen LogP contribution in [0.15, 0.2) is 27.1 Å². The summed E-state index contributed by atoms with van der Waals surface area (Å²) in [5, 5.41) is 9.72. The predicted octanol–water partition coefficient (Wildman–Crippen LogP) is 4.93. The summed E-state index contributed by atoms with van der Waals surface area (Å²) < 4.78 is 11.3. The number of hydrogen-bond donors (Lipinski definition) is 1. The van der Waals surface area contributed by atoms with Gasteiger partial charge in [-0.1, -0.05) is 23.2 Å². The van der Waals surface area contributed by atoms with Crippen molar-refractivity contribution in [2.75, 3.05) is 0 Å². The second-order valence-electron chi connectivity index (χ2n) is 3.98. The van der Waals surface area contributed by atoms with Crippen molar-refractivity contribution < 1.29 is 19.1 Å². The number of carboxylic acids is 1. The number of benzene rings is 1. The second-order valence-corrected chi connectivity index (χ2v) is 5.65. The first kappa shape index (κ1) is 15.2. The van der Waals surface area contributed by atoms with E-state index in [1.165, 1.54) is 6.07 Å². The summed E-state index contributed by atoms with van der Waals surface area (Å²) >= 11 is 15.2. The molecule has 0 bridgehead atoms. The fraction of sp³-hybridized carbons (Fsp3) is 0.154. The van der Waals surface area contributed by atoms with Gasteiger partial charge in [-0.25, -0.2) is 4.79 Å². The molecule has 1 aromatic heterocycles. The number of furan rings is 1. The zero-order valence-corrected chi connectivity index (χ0v) is 13.3. The number of hydrogen-bond acceptors (Lipinski definition) is 3. The number of ether oxygens (including phenoxy) is 1. The molecule has 0 unspecified atom stereocenters. The van der Waals surface area contributed by atoms with Gasteiger partial charge >= 0.3 is 5.97 Å². The Bertz CT molecular complexity index is 667. The van der Waals surface area contributed by atoms with E-state index < -0.39 is 5.97 Å². The Kier molecular flexibility index (Phi) is 4.62. The van der Waals surface area contributed by atoms with Crippen LogP contribution in [0.4, 0.5) is 0 Å². The average molecular weight is 380 g/mol. The van der Waals surface area contributed by atoms with Crippen molar-refractivity contribution in [2.45, 2.75) is 13.5 Å². The first-order chi connectivity index (χ1) is 9.38. The number of carbonyl (C=O) groups is 1. The summed E-state index contributed by atoms with van der Waals surface area (Å²) in [4.78, 5) is 10.8. The quantitative estimate of drug-likeness (QED) is 0.764. The van der Waals surface area contributed by atoms with Gasteiger partial charge in [0.2, 0.25) is 5.76 Å². The van der Waals surface area contributed by atoms with Gasteiger partial charge in [0.25, 0.3) is 0 Å². The molecule has 4 nitrogen and oxygen atoms in total. The van der Waals surface area contributed by atoms with E-state index in [9.17, 15) is 4.79 Å². The summed E-state index contributed by atoms with van der Waals surface area (Å²) in [6.07, 6.45) is 0. The Labute approximate surface area is 133 Å². The van der Waals surface area contributed by atoms with Crippen molar-refractivity contribution in [2.24, 2.45) is 0 Å². The van der Waals surface area contributed by atoms with Crippen LogP contribution in [0.5, 0.6) is 5.75 Å². The Morgan fingerprint density at radius 1 is 1.35 bits per heavy atom. The molecule has 20 heavy (non-hydrogen) atoms. The molecule has 2 rings (SSSR count). The van der Waals surface area contributed by atoms with Crippen LogP contribution >= 0.6 is 39.1 Å². The predicted molar refractivity (Wildman–Crippen MR) is 78.9 cm³/mol. The number of carboxylic acid groups (broad SMARTS) is 1. The highest BCUT2D eigenvalue weighted by molar-refractivity contribution is 9.10. The van der Waals surface area contributed by atoms with Gasteiger partial charge in [-0.3, -0.25) is 0 Å². The van der Waals surface area contributed by atoms with Gasteiger partial charge < -0.3 is 14.3 Å². The second kappa shape index (κ2) is 6.08. The minimum absolute atomic E-state index is 0.124. The Hall–Kier alpha value is -1.17. The molecule has 1 aromatic carbocycles. The molecule has 0 aliphatic carbocycles. The molecule has 2 aromatic rings. The molecule has 0 radical (unpaired) electrons. The summed E-state index contributed by atoms with van der Waals surface area (Å²) in [5.41, 5.74) is 0.637. The van der Waals surface area contributed by atoms with Gasteiger partial charge in [0.15, 0.2) is 0 Å². The molecule has 1 N–H and O–H groups in total. The largest absolute Gasteiger partial charge is 0.487 e. The van der Waals surface area contributed by atoms with E-state index in [4.69, 9.17) is 37.5 Å². The molecule has 0 atom stereocenters. The minimum Gasteiger partial charge on any atom is -0.487 e. The first-order valence-corrected chi connectivity index (χ1v) is 7.03. The lowest BCUT2D eigenvalue weighted by Gasteiger charge is -2.08. The van der Waals surface area contributed by atoms with Crippen molar-refractivity contribution in [1.29, 1.82) is 0 Å². The van der Waals surface area contributed by atoms with E-state index in [1.807, 2.05) is 0 Å². The molecule has 0 aliphatic rings. The SMILES string of the molecule is Cc1oc(C(=O)O)cc1COc1cc(Cl)c(Br)cc1Cl. The van der Waals surface area contributed by atoms with Crippen LogP contribution in [0.1, 0.15) is 21.9 Å². The lowest BCUT2D eigenvalue weighted by Crippen LogP contribution is -1.97. The van der Waals surface area contributed by atoms with Crippen LogP contribution < -0.4 is 4.74 Å². The smallest absolute Gasteiger partial charge is 0.371 e. The third-order valence-corrected chi connectivity index (χ3v) is 4.08. The van der Waals surface area contributed by atoms with E-state index in [0.717, 1.165) is 0 Å². The monoisotopic (exact) mass is 378 g/mol. The van der Waals surface area contributed by atoms with Crippen LogP contribution in [-0.4, -0.2) is 11.1 Å². The standard InChI is InChI=1S/C13H9BrCl2O4/c1-6-7(2-12(20-6)13(17)18)5-19-11-4-9(15)8(14)3-10(11)16/h2-4H,5H2,1H3,(H,17,18). The van der Waals surface area contributed by atoms with E-state index in [0.29, 0.717) is 31.6 Å². The summed E-state index contributed by atoms with van der Waals surface area (Å²) in [5.74, 6) is -0.343. The summed E-state index contributed by atoms with van der Waals surface area (Å²) in [7, 11) is 0. The van der Waals surface area contributed by atoms with E-state index in [-0.39, 0.29) is 12.4 Å². The van der Waals surface area contributed by atoms with Gasteiger partial charge in [0, 0.05) is 16.1 Å². The molecular formula is C13H9BrCl2O4. The zero-order chi connectivity index (χ0) is 14.9. The van der Waals surface area contributed by atoms with Gasteiger partial charge in [-0.2, -0.15) is 0 Å². The number of halogens is 3. The fourth-order valence-electron chi connectivity index (χ4n) is 1.54. The van der Waals surface area contributed by atoms with E-state index in [1.54, 1.807) is 19.1 Å². The lowest BCUT2D eigenvalue weighted by atomic mass is 10.2. The number of aryl methyl sites for hydroxylation is 1. The van der Waals surface area contributed by atoms with Gasteiger partial charge in [-0.15, -0.1) is 0 Å². The normalized spacial score (nSPS) is 10.6. The van der Waals surface area contributed by atoms with Gasteiger partial charge in [0.1, 0.15) is 18.1 Å². The lowest BCUT2D eigenvalue weighted by molar-refractivity contribution is 0.0661. The minimum atomic E-state index is -1.12. The molecule has 106 valence electrons. The van der Waals surface area contributed by atoms with Crippen LogP contribution in [0.3, 0.4) is 0 Å². The Balaban J connectivity index is 2.17. The number of aromatic carboxylic acids is 1. The molecule has 0 spiro atoms. The topological polar surface area (TPSA) is 59.7 Å². The average Bonchev–Trinajstić information content (AvgIpc) is 2.74. The zero-order valence-electron chi connectivity index (χ0n) is 10.2. The van der Waals surface area contributed by atoms with Crippen molar-refractivity contribution >= 4 is 45.1 Å². The van der Waals surface area contributed by atoms with Crippen LogP contribution in [0.25, 0.3) is 0 Å². The van der Waals surface area contributed by atoms with Crippen LogP contribution in [0.2, 0.25) is 10.0 Å². The highest BCUT2D eigenvalue weighted by Crippen LogP contribution is 2.34. The van der Waals surface area contributed by atoms with Crippen molar-refractivity contribution in [3.05, 3.63) is 49.8 Å². The fourth-order valence-corrected chi connectivity index (χ4v) is 2.39. The maximum absolute atomic E-state index is 10.8. The van der Waals surface area contributed by atoms with Crippen LogP contribution in [-0.2, 0) is 6.61 Å². The van der Waals surface area contributed by atoms with E-state index in [2.05, 4.69) is 15.9 Å². The van der Waals surface area contributed by atoms with Crippen LogP contribution in [0, 0.1) is 6.92 Å². The maximum atomic E-state index is 10.8. The Morgan fingerprint density at radius 3 is 2.65 bits per heavy atom. The number of rotatable bonds is 4. The molecule has 7 heteroatoms. The van der Waals surface area contributed by atoms with Crippen molar-refractivity contribution in [3.8, 4) is 5.75 Å². The van der Waals surface area contributed by atoms with Crippen molar-refractivity contribution in [1.82, 2.24) is 0 Å². The molecule has 0 amide bonds. The molecule has 0 aliphatic heterocycles. The highest BCUT2D eigenvalue weighted by Gasteiger charge is 2.14. The van der Waals surface area contributed by atoms with Gasteiger partial charge in [0.05, 0.1) is 10.0 Å². The molecular weight excluding hydrogens is 371 g/mol.